The fourth-order valence-electron chi connectivity index (χ4n) is 2.07. The molecule has 0 aliphatic rings. The first-order valence-corrected chi connectivity index (χ1v) is 5.68. The Balaban J connectivity index is 0.00000225. The Morgan fingerprint density at radius 3 is 2.19 bits per heavy atom. The molecule has 0 heterocycles. The van der Waals surface area contributed by atoms with Gasteiger partial charge in [0.05, 0.1) is 0 Å². The number of aryl methyl sites for hydroxylation is 2. The Kier molecular flexibility index (Phi) is 7.39. The molecule has 0 amide bonds. The summed E-state index contributed by atoms with van der Waals surface area (Å²) in [7, 11) is 0. The van der Waals surface area contributed by atoms with Gasteiger partial charge in [0.25, 0.3) is 0 Å². The van der Waals surface area contributed by atoms with Crippen molar-refractivity contribution in [1.29, 1.82) is 0 Å². The topological polar surface area (TPSA) is 52.0 Å². The van der Waals surface area contributed by atoms with E-state index in [0.717, 1.165) is 25.8 Å². The zero-order valence-electron chi connectivity index (χ0n) is 10.2. The summed E-state index contributed by atoms with van der Waals surface area (Å²) in [6.07, 6.45) is 3.22. The molecule has 0 aliphatic heterocycles. The highest BCUT2D eigenvalue weighted by Gasteiger charge is 2.10. The van der Waals surface area contributed by atoms with Crippen molar-refractivity contribution in [2.45, 2.75) is 39.2 Å². The van der Waals surface area contributed by atoms with Crippen LogP contribution in [-0.4, -0.2) is 6.54 Å². The van der Waals surface area contributed by atoms with Crippen molar-refractivity contribution in [3.63, 3.8) is 0 Å². The van der Waals surface area contributed by atoms with Gasteiger partial charge in [0.1, 0.15) is 0 Å². The maximum absolute atomic E-state index is 6.20. The molecule has 1 atom stereocenters. The largest absolute Gasteiger partial charge is 0.330 e. The summed E-state index contributed by atoms with van der Waals surface area (Å²) in [6.45, 7) is 5.02. The Morgan fingerprint density at radius 2 is 1.69 bits per heavy atom. The van der Waals surface area contributed by atoms with Crippen LogP contribution in [0.5, 0.6) is 0 Å². The molecular weight excluding hydrogens is 220 g/mol. The van der Waals surface area contributed by atoms with Gasteiger partial charge < -0.3 is 11.5 Å². The first kappa shape index (κ1) is 15.4. The van der Waals surface area contributed by atoms with E-state index in [2.05, 4.69) is 32.0 Å². The second kappa shape index (κ2) is 7.66. The third-order valence-electron chi connectivity index (χ3n) is 2.88. The molecule has 1 aromatic carbocycles. The van der Waals surface area contributed by atoms with Crippen molar-refractivity contribution in [2.24, 2.45) is 11.5 Å². The molecule has 1 rings (SSSR count). The van der Waals surface area contributed by atoms with Crippen LogP contribution in [0.2, 0.25) is 0 Å². The van der Waals surface area contributed by atoms with Gasteiger partial charge in [-0.3, -0.25) is 0 Å². The SMILES string of the molecule is Cc1cccc(C)c1[C@@H](N)CCCCN.Cl. The highest BCUT2D eigenvalue weighted by atomic mass is 35.5. The summed E-state index contributed by atoms with van der Waals surface area (Å²) < 4.78 is 0. The highest BCUT2D eigenvalue weighted by molar-refractivity contribution is 5.85. The van der Waals surface area contributed by atoms with Gasteiger partial charge in [-0.05, 0) is 49.9 Å². The Bertz CT molecular complexity index is 293. The normalized spacial score (nSPS) is 12.0. The maximum Gasteiger partial charge on any atom is 0.0300 e. The predicted octanol–water partition coefficient (Wildman–Crippen LogP) is 2.85. The lowest BCUT2D eigenvalue weighted by Gasteiger charge is -2.17. The molecule has 0 radical (unpaired) electrons. The fraction of sp³-hybridized carbons (Fsp3) is 0.538. The number of hydrogen-bond acceptors (Lipinski definition) is 2. The van der Waals surface area contributed by atoms with Crippen molar-refractivity contribution in [3.8, 4) is 0 Å². The smallest absolute Gasteiger partial charge is 0.0300 e. The summed E-state index contributed by atoms with van der Waals surface area (Å²) in [5, 5.41) is 0. The minimum atomic E-state index is 0. The molecule has 92 valence electrons. The van der Waals surface area contributed by atoms with Gasteiger partial charge in [0, 0.05) is 6.04 Å². The number of benzene rings is 1. The van der Waals surface area contributed by atoms with E-state index in [0.29, 0.717) is 0 Å². The third kappa shape index (κ3) is 4.12. The van der Waals surface area contributed by atoms with Crippen LogP contribution in [0.1, 0.15) is 42.0 Å². The van der Waals surface area contributed by atoms with Crippen molar-refractivity contribution in [2.75, 3.05) is 6.54 Å². The van der Waals surface area contributed by atoms with Crippen molar-refractivity contribution < 1.29 is 0 Å². The Labute approximate surface area is 105 Å². The molecule has 0 unspecified atom stereocenters. The number of nitrogens with two attached hydrogens (primary N) is 2. The van der Waals surface area contributed by atoms with Gasteiger partial charge in [-0.25, -0.2) is 0 Å². The fourth-order valence-corrected chi connectivity index (χ4v) is 2.07. The molecule has 16 heavy (non-hydrogen) atoms. The molecular formula is C13H23ClN2. The van der Waals surface area contributed by atoms with Gasteiger partial charge in [-0.15, -0.1) is 12.4 Å². The molecule has 0 fully saturated rings. The predicted molar refractivity (Wildman–Crippen MR) is 73.0 cm³/mol. The van der Waals surface area contributed by atoms with Crippen LogP contribution in [0, 0.1) is 13.8 Å². The second-order valence-corrected chi connectivity index (χ2v) is 4.20. The molecule has 0 aliphatic carbocycles. The lowest BCUT2D eigenvalue weighted by Crippen LogP contribution is -2.14. The average Bonchev–Trinajstić information content (AvgIpc) is 2.18. The van der Waals surface area contributed by atoms with E-state index in [-0.39, 0.29) is 18.4 Å². The van der Waals surface area contributed by atoms with E-state index < -0.39 is 0 Å². The Morgan fingerprint density at radius 1 is 1.12 bits per heavy atom. The summed E-state index contributed by atoms with van der Waals surface area (Å²) in [5.74, 6) is 0. The van der Waals surface area contributed by atoms with E-state index >= 15 is 0 Å². The van der Waals surface area contributed by atoms with E-state index in [9.17, 15) is 0 Å². The molecule has 0 saturated carbocycles. The third-order valence-corrected chi connectivity index (χ3v) is 2.88. The van der Waals surface area contributed by atoms with Crippen LogP contribution >= 0.6 is 12.4 Å². The van der Waals surface area contributed by atoms with Gasteiger partial charge in [-0.2, -0.15) is 0 Å². The summed E-state index contributed by atoms with van der Waals surface area (Å²) in [5.41, 5.74) is 15.6. The van der Waals surface area contributed by atoms with Crippen LogP contribution in [0.25, 0.3) is 0 Å². The van der Waals surface area contributed by atoms with Gasteiger partial charge in [-0.1, -0.05) is 24.6 Å². The number of unbranched alkanes of at least 4 members (excludes halogenated alkanes) is 1. The van der Waals surface area contributed by atoms with Crippen molar-refractivity contribution in [3.05, 3.63) is 34.9 Å². The summed E-state index contributed by atoms with van der Waals surface area (Å²) in [4.78, 5) is 0. The number of rotatable bonds is 5. The monoisotopic (exact) mass is 242 g/mol. The molecule has 3 heteroatoms. The van der Waals surface area contributed by atoms with E-state index in [1.807, 2.05) is 0 Å². The standard InChI is InChI=1S/C13H22N2.ClH/c1-10-6-5-7-11(2)13(10)12(15)8-3-4-9-14;/h5-7,12H,3-4,8-9,14-15H2,1-2H3;1H/t12-;/m0./s1. The lowest BCUT2D eigenvalue weighted by atomic mass is 9.93. The van der Waals surface area contributed by atoms with Crippen molar-refractivity contribution >= 4 is 12.4 Å². The van der Waals surface area contributed by atoms with E-state index in [1.165, 1.54) is 16.7 Å². The van der Waals surface area contributed by atoms with Crippen LogP contribution in [0.4, 0.5) is 0 Å². The lowest BCUT2D eigenvalue weighted by molar-refractivity contribution is 0.586. The van der Waals surface area contributed by atoms with Crippen molar-refractivity contribution in [1.82, 2.24) is 0 Å². The first-order chi connectivity index (χ1) is 7.16. The molecule has 0 saturated heterocycles. The molecule has 2 nitrogen and oxygen atoms in total. The van der Waals surface area contributed by atoms with Gasteiger partial charge in [0.2, 0.25) is 0 Å². The highest BCUT2D eigenvalue weighted by Crippen LogP contribution is 2.23. The molecule has 0 spiro atoms. The molecule has 4 N–H and O–H groups in total. The average molecular weight is 243 g/mol. The maximum atomic E-state index is 6.20. The first-order valence-electron chi connectivity index (χ1n) is 5.68. The van der Waals surface area contributed by atoms with Gasteiger partial charge in [0.15, 0.2) is 0 Å². The molecule has 0 aromatic heterocycles. The zero-order valence-corrected chi connectivity index (χ0v) is 11.0. The Hall–Kier alpha value is -0.570. The summed E-state index contributed by atoms with van der Waals surface area (Å²) in [6, 6.07) is 6.51. The second-order valence-electron chi connectivity index (χ2n) is 4.20. The molecule has 1 aromatic rings. The van der Waals surface area contributed by atoms with Crippen LogP contribution in [0.3, 0.4) is 0 Å². The minimum absolute atomic E-state index is 0. The number of hydrogen-bond donors (Lipinski definition) is 2. The van der Waals surface area contributed by atoms with Crippen LogP contribution in [-0.2, 0) is 0 Å². The van der Waals surface area contributed by atoms with E-state index in [4.69, 9.17) is 11.5 Å². The number of halogens is 1. The quantitative estimate of drug-likeness (QED) is 0.781. The van der Waals surface area contributed by atoms with Gasteiger partial charge >= 0.3 is 0 Å². The minimum Gasteiger partial charge on any atom is -0.330 e. The summed E-state index contributed by atoms with van der Waals surface area (Å²) >= 11 is 0. The van der Waals surface area contributed by atoms with E-state index in [1.54, 1.807) is 0 Å². The molecule has 0 bridgehead atoms. The van der Waals surface area contributed by atoms with Crippen LogP contribution in [0.15, 0.2) is 18.2 Å². The zero-order chi connectivity index (χ0) is 11.3. The van der Waals surface area contributed by atoms with Crippen LogP contribution < -0.4 is 11.5 Å².